The second-order valence-electron chi connectivity index (χ2n) is 8.98. The number of carbonyl (C=O) groups is 1. The topological polar surface area (TPSA) is 87.0 Å². The number of para-hydroxylation sites is 1. The molecule has 2 N–H and O–H groups in total. The van der Waals surface area contributed by atoms with Crippen LogP contribution in [0.5, 0.6) is 0 Å². The fourth-order valence-electron chi connectivity index (χ4n) is 4.76. The van der Waals surface area contributed by atoms with Crippen LogP contribution in [-0.4, -0.2) is 37.9 Å². The van der Waals surface area contributed by atoms with Gasteiger partial charge in [-0.25, -0.2) is 4.79 Å². The van der Waals surface area contributed by atoms with Crippen LogP contribution < -0.4 is 4.90 Å². The highest BCUT2D eigenvalue weighted by Crippen LogP contribution is 2.38. The molecule has 1 fully saturated rings. The van der Waals surface area contributed by atoms with Gasteiger partial charge in [-0.3, -0.25) is 9.67 Å². The summed E-state index contributed by atoms with van der Waals surface area (Å²) in [5.41, 5.74) is 8.01. The van der Waals surface area contributed by atoms with Gasteiger partial charge in [-0.1, -0.05) is 18.2 Å². The number of hydrogen-bond donors (Lipinski definition) is 2. The van der Waals surface area contributed by atoms with Gasteiger partial charge in [-0.05, 0) is 61.9 Å². The lowest BCUT2D eigenvalue weighted by Crippen LogP contribution is -2.18. The molecular formula is C26H25N5O2. The molecule has 0 radical (unpaired) electrons. The number of rotatable bonds is 6. The number of H-pyrrole nitrogens is 1. The average Bonchev–Trinajstić information content (AvgIpc) is 3.42. The highest BCUT2D eigenvalue weighted by atomic mass is 16.4. The molecule has 0 unspecified atom stereocenters. The Kier molecular flexibility index (Phi) is 4.57. The molecule has 6 rings (SSSR count). The molecule has 7 heteroatoms. The number of benzene rings is 1. The highest BCUT2D eigenvalue weighted by Gasteiger charge is 2.29. The zero-order valence-electron chi connectivity index (χ0n) is 18.5. The second-order valence-corrected chi connectivity index (χ2v) is 8.98. The monoisotopic (exact) mass is 439 g/mol. The number of anilines is 1. The molecule has 0 spiro atoms. The van der Waals surface area contributed by atoms with E-state index in [-0.39, 0.29) is 5.56 Å². The Hall–Kier alpha value is -3.87. The van der Waals surface area contributed by atoms with Gasteiger partial charge in [-0.2, -0.15) is 5.10 Å². The van der Waals surface area contributed by atoms with E-state index in [1.807, 2.05) is 12.1 Å². The standard InChI is InChI=1S/C26H25N5O2/c1-30(17-5-3-2-4-6-17)18-9-10-19-21(13-18)29-31(15-16-7-8-16)25(19)23-14-22-24(28-23)20(26(32)33)11-12-27-22/h2-6,11-14,16,28H,7-10,15H2,1H3,(H,32,33). The number of aromatic nitrogens is 4. The maximum absolute atomic E-state index is 11.7. The van der Waals surface area contributed by atoms with Crippen LogP contribution >= 0.6 is 0 Å². The van der Waals surface area contributed by atoms with Gasteiger partial charge in [0.1, 0.15) is 0 Å². The minimum atomic E-state index is -0.958. The zero-order valence-corrected chi connectivity index (χ0v) is 18.5. The largest absolute Gasteiger partial charge is 0.478 e. The van der Waals surface area contributed by atoms with Gasteiger partial charge < -0.3 is 15.0 Å². The van der Waals surface area contributed by atoms with Crippen molar-refractivity contribution < 1.29 is 9.90 Å². The molecule has 1 saturated carbocycles. The van der Waals surface area contributed by atoms with E-state index in [9.17, 15) is 9.90 Å². The third-order valence-electron chi connectivity index (χ3n) is 6.72. The lowest BCUT2D eigenvalue weighted by molar-refractivity contribution is 0.0698. The van der Waals surface area contributed by atoms with Crippen LogP contribution in [0.15, 0.2) is 54.4 Å². The van der Waals surface area contributed by atoms with Gasteiger partial charge >= 0.3 is 5.97 Å². The summed E-state index contributed by atoms with van der Waals surface area (Å²) in [6, 6.07) is 13.9. The molecule has 0 atom stereocenters. The van der Waals surface area contributed by atoms with E-state index in [1.54, 1.807) is 6.20 Å². The first kappa shape index (κ1) is 19.8. The first-order valence-electron chi connectivity index (χ1n) is 11.4. The number of nitrogens with zero attached hydrogens (tertiary/aromatic N) is 4. The highest BCUT2D eigenvalue weighted by molar-refractivity contribution is 6.02. The first-order chi connectivity index (χ1) is 16.1. The summed E-state index contributed by atoms with van der Waals surface area (Å²) in [5.74, 6) is -0.293. The number of hydrogen-bond acceptors (Lipinski definition) is 4. The molecule has 0 saturated heterocycles. The van der Waals surface area contributed by atoms with Crippen molar-refractivity contribution in [3.63, 3.8) is 0 Å². The number of fused-ring (bicyclic) bond motifs is 2. The summed E-state index contributed by atoms with van der Waals surface area (Å²) in [5, 5.41) is 14.6. The van der Waals surface area contributed by atoms with Gasteiger partial charge in [0, 0.05) is 36.7 Å². The van der Waals surface area contributed by atoms with E-state index in [0.29, 0.717) is 17.0 Å². The molecule has 3 heterocycles. The van der Waals surface area contributed by atoms with Gasteiger partial charge in [0.05, 0.1) is 33.7 Å². The molecule has 2 aliphatic rings. The zero-order chi connectivity index (χ0) is 22.5. The number of aromatic carboxylic acids is 1. The Bertz CT molecular complexity index is 1400. The summed E-state index contributed by atoms with van der Waals surface area (Å²) in [7, 11) is 2.10. The van der Waals surface area contributed by atoms with Crippen LogP contribution in [0.2, 0.25) is 0 Å². The number of nitrogens with one attached hydrogen (secondary N) is 1. The lowest BCUT2D eigenvalue weighted by atomic mass is 9.97. The smallest absolute Gasteiger partial charge is 0.337 e. The molecule has 1 aromatic carbocycles. The van der Waals surface area contributed by atoms with Crippen molar-refractivity contribution in [3.05, 3.63) is 71.2 Å². The third-order valence-corrected chi connectivity index (χ3v) is 6.72. The Balaban J connectivity index is 1.45. The normalized spacial score (nSPS) is 15.4. The van der Waals surface area contributed by atoms with Gasteiger partial charge in [0.15, 0.2) is 0 Å². The van der Waals surface area contributed by atoms with E-state index in [1.165, 1.54) is 30.2 Å². The molecular weight excluding hydrogens is 414 g/mol. The van der Waals surface area contributed by atoms with Crippen molar-refractivity contribution >= 4 is 28.8 Å². The van der Waals surface area contributed by atoms with Crippen molar-refractivity contribution in [3.8, 4) is 11.4 Å². The summed E-state index contributed by atoms with van der Waals surface area (Å²) in [6.07, 6.45) is 8.02. The van der Waals surface area contributed by atoms with Crippen molar-refractivity contribution in [2.45, 2.75) is 32.2 Å². The van der Waals surface area contributed by atoms with Crippen molar-refractivity contribution in [2.24, 2.45) is 5.92 Å². The molecule has 0 amide bonds. The number of pyridine rings is 1. The van der Waals surface area contributed by atoms with Crippen LogP contribution in [0.1, 0.15) is 40.9 Å². The number of carboxylic acids is 1. The summed E-state index contributed by atoms with van der Waals surface area (Å²) in [6.45, 7) is 0.884. The maximum atomic E-state index is 11.7. The second kappa shape index (κ2) is 7.62. The van der Waals surface area contributed by atoms with Gasteiger partial charge in [-0.15, -0.1) is 0 Å². The predicted molar refractivity (Wildman–Crippen MR) is 128 cm³/mol. The van der Waals surface area contributed by atoms with Crippen molar-refractivity contribution in [2.75, 3.05) is 11.9 Å². The Morgan fingerprint density at radius 1 is 1.21 bits per heavy atom. The Labute approximate surface area is 191 Å². The minimum Gasteiger partial charge on any atom is -0.478 e. The van der Waals surface area contributed by atoms with E-state index in [4.69, 9.17) is 5.10 Å². The molecule has 166 valence electrons. The molecule has 33 heavy (non-hydrogen) atoms. The van der Waals surface area contributed by atoms with Crippen LogP contribution in [0.25, 0.3) is 28.5 Å². The van der Waals surface area contributed by atoms with Crippen LogP contribution in [-0.2, 0) is 13.0 Å². The number of allylic oxidation sites excluding steroid dienone is 1. The molecule has 7 nitrogen and oxygen atoms in total. The first-order valence-corrected chi connectivity index (χ1v) is 11.4. The van der Waals surface area contributed by atoms with Gasteiger partial charge in [0.25, 0.3) is 0 Å². The third kappa shape index (κ3) is 3.50. The summed E-state index contributed by atoms with van der Waals surface area (Å²) in [4.78, 5) is 21.7. The quantitative estimate of drug-likeness (QED) is 0.443. The molecule has 2 aliphatic carbocycles. The van der Waals surface area contributed by atoms with E-state index < -0.39 is 5.97 Å². The fraction of sp³-hybridized carbons (Fsp3) is 0.269. The van der Waals surface area contributed by atoms with Crippen molar-refractivity contribution in [1.29, 1.82) is 0 Å². The number of carboxylic acid groups (broad SMARTS) is 1. The lowest BCUT2D eigenvalue weighted by Gasteiger charge is -2.25. The molecule has 3 aromatic heterocycles. The summed E-state index contributed by atoms with van der Waals surface area (Å²) < 4.78 is 2.12. The Morgan fingerprint density at radius 2 is 2.03 bits per heavy atom. The molecule has 0 aliphatic heterocycles. The molecule has 4 aromatic rings. The van der Waals surface area contributed by atoms with E-state index in [2.05, 4.69) is 56.9 Å². The van der Waals surface area contributed by atoms with Crippen LogP contribution in [0, 0.1) is 5.92 Å². The van der Waals surface area contributed by atoms with Crippen LogP contribution in [0.3, 0.4) is 0 Å². The average molecular weight is 440 g/mol. The fourth-order valence-corrected chi connectivity index (χ4v) is 4.76. The molecule has 0 bridgehead atoms. The van der Waals surface area contributed by atoms with E-state index in [0.717, 1.165) is 42.2 Å². The Morgan fingerprint density at radius 3 is 2.79 bits per heavy atom. The maximum Gasteiger partial charge on any atom is 0.337 e. The van der Waals surface area contributed by atoms with Gasteiger partial charge in [0.2, 0.25) is 0 Å². The predicted octanol–water partition coefficient (Wildman–Crippen LogP) is 4.96. The summed E-state index contributed by atoms with van der Waals surface area (Å²) >= 11 is 0. The van der Waals surface area contributed by atoms with Crippen LogP contribution in [0.4, 0.5) is 5.69 Å². The SMILES string of the molecule is CN(C1=Cc2nn(CC3CC3)c(-c3cc4nccc(C(=O)O)c4[nH]3)c2CC1)c1ccccc1. The van der Waals surface area contributed by atoms with Crippen molar-refractivity contribution in [1.82, 2.24) is 19.7 Å². The van der Waals surface area contributed by atoms with E-state index >= 15 is 0 Å². The minimum absolute atomic E-state index is 0.236. The number of aromatic amines is 1.